The van der Waals surface area contributed by atoms with Gasteiger partial charge in [-0.2, -0.15) is 5.10 Å². The first kappa shape index (κ1) is 13.1. The predicted molar refractivity (Wildman–Crippen MR) is 74.9 cm³/mol. The summed E-state index contributed by atoms with van der Waals surface area (Å²) in [6.07, 6.45) is 1.96. The molecule has 1 heterocycles. The lowest BCUT2D eigenvalue weighted by atomic mass is 10.0. The molecular weight excluding hydrogens is 246 g/mol. The molecule has 0 saturated heterocycles. The third-order valence-corrected chi connectivity index (χ3v) is 3.05. The Morgan fingerprint density at radius 1 is 1.39 bits per heavy atom. The van der Waals surface area contributed by atoms with Crippen LogP contribution in [0.3, 0.4) is 0 Å². The molecule has 0 saturated carbocycles. The van der Waals surface area contributed by atoms with Crippen LogP contribution in [0, 0.1) is 6.92 Å². The summed E-state index contributed by atoms with van der Waals surface area (Å²) < 4.78 is 1.82. The Labute approximate surface area is 113 Å². The summed E-state index contributed by atoms with van der Waals surface area (Å²) in [5, 5.41) is 8.69. The van der Waals surface area contributed by atoms with E-state index in [4.69, 9.17) is 11.6 Å². The van der Waals surface area contributed by atoms with E-state index in [1.54, 1.807) is 0 Å². The Hall–Kier alpha value is -1.32. The molecule has 0 aliphatic carbocycles. The SMILES string of the molecule is CCNC(c1cc(C)cc(Cl)c1)c1ccn(C)n1. The van der Waals surface area contributed by atoms with E-state index in [9.17, 15) is 0 Å². The van der Waals surface area contributed by atoms with Crippen molar-refractivity contribution in [1.29, 1.82) is 0 Å². The van der Waals surface area contributed by atoms with Crippen LogP contribution in [0.15, 0.2) is 30.5 Å². The molecule has 1 unspecified atom stereocenters. The normalized spacial score (nSPS) is 12.7. The molecule has 1 N–H and O–H groups in total. The van der Waals surface area contributed by atoms with Crippen molar-refractivity contribution in [3.63, 3.8) is 0 Å². The Balaban J connectivity index is 2.40. The Bertz CT molecular complexity index is 513. The number of rotatable bonds is 4. The molecule has 1 atom stereocenters. The molecule has 4 heteroatoms. The number of nitrogens with one attached hydrogen (secondary N) is 1. The van der Waals surface area contributed by atoms with Crippen LogP contribution in [-0.2, 0) is 7.05 Å². The average molecular weight is 264 g/mol. The van der Waals surface area contributed by atoms with E-state index in [1.165, 1.54) is 0 Å². The molecule has 96 valence electrons. The smallest absolute Gasteiger partial charge is 0.0839 e. The molecule has 3 nitrogen and oxygen atoms in total. The number of halogens is 1. The summed E-state index contributed by atoms with van der Waals surface area (Å²) in [6.45, 7) is 5.02. The lowest BCUT2D eigenvalue weighted by molar-refractivity contribution is 0.599. The van der Waals surface area contributed by atoms with E-state index in [-0.39, 0.29) is 6.04 Å². The minimum Gasteiger partial charge on any atom is -0.305 e. The summed E-state index contributed by atoms with van der Waals surface area (Å²) in [7, 11) is 1.93. The molecule has 0 radical (unpaired) electrons. The zero-order valence-corrected chi connectivity index (χ0v) is 11.7. The van der Waals surface area contributed by atoms with Crippen molar-refractivity contribution < 1.29 is 0 Å². The first-order chi connectivity index (χ1) is 8.60. The standard InChI is InChI=1S/C14H18ClN3/c1-4-16-14(13-5-6-18(3)17-13)11-7-10(2)8-12(15)9-11/h5-9,14,16H,4H2,1-3H3. The molecule has 1 aromatic heterocycles. The van der Waals surface area contributed by atoms with E-state index in [0.29, 0.717) is 0 Å². The Kier molecular flexibility index (Phi) is 4.04. The predicted octanol–water partition coefficient (Wildman–Crippen LogP) is 3.08. The topological polar surface area (TPSA) is 29.9 Å². The molecule has 0 bridgehead atoms. The molecular formula is C14H18ClN3. The van der Waals surface area contributed by atoms with Gasteiger partial charge in [-0.1, -0.05) is 24.6 Å². The molecule has 1 aromatic carbocycles. The van der Waals surface area contributed by atoms with Crippen LogP contribution in [0.2, 0.25) is 5.02 Å². The second kappa shape index (κ2) is 5.55. The molecule has 0 aliphatic heterocycles. The third-order valence-electron chi connectivity index (χ3n) is 2.84. The number of aryl methyl sites for hydroxylation is 2. The molecule has 2 aromatic rings. The monoisotopic (exact) mass is 263 g/mol. The van der Waals surface area contributed by atoms with Gasteiger partial charge in [-0.15, -0.1) is 0 Å². The lowest BCUT2D eigenvalue weighted by Crippen LogP contribution is -2.22. The van der Waals surface area contributed by atoms with Gasteiger partial charge in [0, 0.05) is 18.3 Å². The highest BCUT2D eigenvalue weighted by atomic mass is 35.5. The second-order valence-corrected chi connectivity index (χ2v) is 4.90. The highest BCUT2D eigenvalue weighted by Gasteiger charge is 2.16. The van der Waals surface area contributed by atoms with Gasteiger partial charge in [0.25, 0.3) is 0 Å². The highest BCUT2D eigenvalue weighted by Crippen LogP contribution is 2.24. The van der Waals surface area contributed by atoms with E-state index >= 15 is 0 Å². The zero-order valence-electron chi connectivity index (χ0n) is 10.9. The average Bonchev–Trinajstić information content (AvgIpc) is 2.71. The summed E-state index contributed by atoms with van der Waals surface area (Å²) in [5.41, 5.74) is 3.33. The summed E-state index contributed by atoms with van der Waals surface area (Å²) in [5.74, 6) is 0. The van der Waals surface area contributed by atoms with Crippen molar-refractivity contribution in [1.82, 2.24) is 15.1 Å². The van der Waals surface area contributed by atoms with Crippen LogP contribution in [0.5, 0.6) is 0 Å². The maximum atomic E-state index is 6.13. The first-order valence-electron chi connectivity index (χ1n) is 6.10. The van der Waals surface area contributed by atoms with Gasteiger partial charge in [0.15, 0.2) is 0 Å². The van der Waals surface area contributed by atoms with Crippen molar-refractivity contribution in [2.45, 2.75) is 19.9 Å². The number of aromatic nitrogens is 2. The van der Waals surface area contributed by atoms with Gasteiger partial charge in [0.1, 0.15) is 0 Å². The molecule has 0 aliphatic rings. The van der Waals surface area contributed by atoms with Crippen LogP contribution < -0.4 is 5.32 Å². The fourth-order valence-corrected chi connectivity index (χ4v) is 2.41. The van der Waals surface area contributed by atoms with Crippen molar-refractivity contribution in [2.75, 3.05) is 6.54 Å². The molecule has 0 amide bonds. The van der Waals surface area contributed by atoms with Crippen LogP contribution in [-0.4, -0.2) is 16.3 Å². The second-order valence-electron chi connectivity index (χ2n) is 4.47. The minimum absolute atomic E-state index is 0.0913. The van der Waals surface area contributed by atoms with E-state index < -0.39 is 0 Å². The number of hydrogen-bond acceptors (Lipinski definition) is 2. The highest BCUT2D eigenvalue weighted by molar-refractivity contribution is 6.30. The van der Waals surface area contributed by atoms with Crippen LogP contribution in [0.25, 0.3) is 0 Å². The summed E-state index contributed by atoms with van der Waals surface area (Å²) in [4.78, 5) is 0. The van der Waals surface area contributed by atoms with Crippen molar-refractivity contribution in [2.24, 2.45) is 7.05 Å². The van der Waals surface area contributed by atoms with Gasteiger partial charge < -0.3 is 5.32 Å². The maximum Gasteiger partial charge on any atom is 0.0839 e. The van der Waals surface area contributed by atoms with Crippen LogP contribution in [0.4, 0.5) is 0 Å². The number of benzene rings is 1. The van der Waals surface area contributed by atoms with E-state index in [1.807, 2.05) is 36.1 Å². The summed E-state index contributed by atoms with van der Waals surface area (Å²) >= 11 is 6.13. The maximum absolute atomic E-state index is 6.13. The van der Waals surface area contributed by atoms with Crippen molar-refractivity contribution in [3.8, 4) is 0 Å². The minimum atomic E-state index is 0.0913. The van der Waals surface area contributed by atoms with E-state index in [0.717, 1.165) is 28.4 Å². The van der Waals surface area contributed by atoms with Gasteiger partial charge in [0.2, 0.25) is 0 Å². The Morgan fingerprint density at radius 2 is 2.17 bits per heavy atom. The van der Waals surface area contributed by atoms with Crippen molar-refractivity contribution >= 4 is 11.6 Å². The van der Waals surface area contributed by atoms with Crippen LogP contribution in [0.1, 0.15) is 29.8 Å². The van der Waals surface area contributed by atoms with Gasteiger partial charge in [0.05, 0.1) is 11.7 Å². The molecule has 0 fully saturated rings. The van der Waals surface area contributed by atoms with Gasteiger partial charge in [-0.3, -0.25) is 4.68 Å². The molecule has 18 heavy (non-hydrogen) atoms. The number of nitrogens with zero attached hydrogens (tertiary/aromatic N) is 2. The van der Waals surface area contributed by atoms with Gasteiger partial charge in [-0.25, -0.2) is 0 Å². The fourth-order valence-electron chi connectivity index (χ4n) is 2.12. The van der Waals surface area contributed by atoms with Gasteiger partial charge >= 0.3 is 0 Å². The lowest BCUT2D eigenvalue weighted by Gasteiger charge is -2.17. The number of hydrogen-bond donors (Lipinski definition) is 1. The zero-order chi connectivity index (χ0) is 13.1. The molecule has 2 rings (SSSR count). The largest absolute Gasteiger partial charge is 0.305 e. The Morgan fingerprint density at radius 3 is 2.72 bits per heavy atom. The van der Waals surface area contributed by atoms with Crippen LogP contribution >= 0.6 is 11.6 Å². The van der Waals surface area contributed by atoms with Crippen molar-refractivity contribution in [3.05, 3.63) is 52.3 Å². The van der Waals surface area contributed by atoms with Gasteiger partial charge in [-0.05, 0) is 42.8 Å². The van der Waals surface area contributed by atoms with E-state index in [2.05, 4.69) is 30.3 Å². The first-order valence-corrected chi connectivity index (χ1v) is 6.48. The quantitative estimate of drug-likeness (QED) is 0.919. The fraction of sp³-hybridized carbons (Fsp3) is 0.357. The molecule has 0 spiro atoms. The third kappa shape index (κ3) is 2.92. The summed E-state index contributed by atoms with van der Waals surface area (Å²) in [6, 6.07) is 8.23.